The lowest BCUT2D eigenvalue weighted by molar-refractivity contribution is 0.560. The second-order valence-electron chi connectivity index (χ2n) is 18.5. The standard InChI is InChI=1S/C61H49N6O3P3/c1-46-45-51(66-59-36-20-19-35-58(59)63(48-25-9-3-10-26-48)72(66,69)53-29-13-5-14-30-53)43-44-55(46)67-61-38-22-21-37-60(61)65(73(67,70)54-31-15-6-16-32-54)50-41-39-49(40-42-50)64-57-34-18-17-33-56(57)62(47-23-7-2-8-24-47)71(64,68)52-27-11-4-12-28-52/h2-46,55H,1H3. The van der Waals surface area contributed by atoms with Crippen LogP contribution in [0.2, 0.25) is 0 Å². The van der Waals surface area contributed by atoms with Gasteiger partial charge in [-0.25, -0.2) is 0 Å². The first-order chi connectivity index (χ1) is 35.8. The van der Waals surface area contributed by atoms with Crippen LogP contribution in [0, 0.1) is 5.92 Å². The fourth-order valence-corrected chi connectivity index (χ4v) is 20.4. The fraction of sp³-hybridized carbons (Fsp3) is 0.0492. The Morgan fingerprint density at radius 3 is 1.00 bits per heavy atom. The maximum Gasteiger partial charge on any atom is 0.301 e. The highest BCUT2D eigenvalue weighted by atomic mass is 31.2. The lowest BCUT2D eigenvalue weighted by atomic mass is 9.95. The molecule has 13 rings (SSSR count). The van der Waals surface area contributed by atoms with Crippen molar-refractivity contribution in [1.29, 1.82) is 0 Å². The van der Waals surface area contributed by atoms with Gasteiger partial charge in [0.25, 0.3) is 7.44 Å². The van der Waals surface area contributed by atoms with Crippen molar-refractivity contribution in [3.63, 3.8) is 0 Å². The van der Waals surface area contributed by atoms with Crippen molar-refractivity contribution >= 4 is 95.1 Å². The number of anilines is 10. The van der Waals surface area contributed by atoms with Crippen molar-refractivity contribution in [2.45, 2.75) is 13.0 Å². The van der Waals surface area contributed by atoms with E-state index in [2.05, 4.69) is 35.9 Å². The summed E-state index contributed by atoms with van der Waals surface area (Å²) in [4.78, 5) is 0. The number of hydrogen-bond acceptors (Lipinski definition) is 3. The zero-order valence-electron chi connectivity index (χ0n) is 39.8. The summed E-state index contributed by atoms with van der Waals surface area (Å²) < 4.78 is 61.9. The van der Waals surface area contributed by atoms with E-state index < -0.39 is 22.3 Å². The van der Waals surface area contributed by atoms with Crippen LogP contribution in [-0.4, -0.2) is 6.04 Å². The molecule has 3 heterocycles. The Morgan fingerprint density at radius 2 is 0.603 bits per heavy atom. The lowest BCUT2D eigenvalue weighted by Crippen LogP contribution is -2.40. The second-order valence-corrected chi connectivity index (χ2v) is 25.7. The third-order valence-corrected chi connectivity index (χ3v) is 23.2. The highest BCUT2D eigenvalue weighted by Crippen LogP contribution is 2.73. The monoisotopic (exact) mass is 1010 g/mol. The van der Waals surface area contributed by atoms with Crippen molar-refractivity contribution in [2.75, 3.05) is 28.0 Å². The minimum Gasteiger partial charge on any atom is -0.294 e. The van der Waals surface area contributed by atoms with E-state index in [0.717, 1.165) is 62.6 Å². The number of rotatable bonds is 9. The zero-order valence-corrected chi connectivity index (χ0v) is 42.5. The Balaban J connectivity index is 0.913. The van der Waals surface area contributed by atoms with Crippen molar-refractivity contribution < 1.29 is 13.7 Å². The van der Waals surface area contributed by atoms with Gasteiger partial charge in [-0.15, -0.1) is 0 Å². The molecule has 0 saturated carbocycles. The maximum atomic E-state index is 17.0. The van der Waals surface area contributed by atoms with Crippen molar-refractivity contribution in [1.82, 2.24) is 0 Å². The summed E-state index contributed by atoms with van der Waals surface area (Å²) in [7, 11) is -10.9. The van der Waals surface area contributed by atoms with Gasteiger partial charge in [0.2, 0.25) is 0 Å². The molecule has 0 bridgehead atoms. The van der Waals surface area contributed by atoms with Gasteiger partial charge in [-0.2, -0.15) is 0 Å². The molecule has 0 radical (unpaired) electrons. The first kappa shape index (κ1) is 44.9. The van der Waals surface area contributed by atoms with E-state index in [0.29, 0.717) is 15.9 Å². The number of benzene rings is 9. The highest BCUT2D eigenvalue weighted by molar-refractivity contribution is 7.76. The summed E-state index contributed by atoms with van der Waals surface area (Å²) in [5, 5.41) is 2.11. The van der Waals surface area contributed by atoms with Gasteiger partial charge in [-0.1, -0.05) is 146 Å². The van der Waals surface area contributed by atoms with E-state index in [9.17, 15) is 0 Å². The largest absolute Gasteiger partial charge is 0.301 e. The molecule has 0 aromatic heterocycles. The molecule has 356 valence electrons. The number of para-hydroxylation sites is 8. The highest BCUT2D eigenvalue weighted by Gasteiger charge is 2.54. The molecule has 0 N–H and O–H groups in total. The topological polar surface area (TPSA) is 70.7 Å². The summed E-state index contributed by atoms with van der Waals surface area (Å²) in [6.07, 6.45) is 6.41. The minimum absolute atomic E-state index is 0.204. The number of allylic oxidation sites excluding steroid dienone is 1. The van der Waals surface area contributed by atoms with Crippen LogP contribution >= 0.6 is 22.3 Å². The zero-order chi connectivity index (χ0) is 49.3. The van der Waals surface area contributed by atoms with Crippen molar-refractivity contribution in [3.8, 4) is 0 Å². The van der Waals surface area contributed by atoms with E-state index in [4.69, 9.17) is 0 Å². The lowest BCUT2D eigenvalue weighted by Gasteiger charge is -2.41. The molecule has 0 saturated heterocycles. The molecule has 5 atom stereocenters. The molecular weight excluding hydrogens is 958 g/mol. The molecule has 5 unspecified atom stereocenters. The summed E-state index contributed by atoms with van der Waals surface area (Å²) >= 11 is 0. The van der Waals surface area contributed by atoms with Crippen molar-refractivity contribution in [2.24, 2.45) is 5.92 Å². The predicted octanol–water partition coefficient (Wildman–Crippen LogP) is 15.6. The Bertz CT molecular complexity index is 3750. The van der Waals surface area contributed by atoms with Gasteiger partial charge in [0, 0.05) is 34.4 Å². The predicted molar refractivity (Wildman–Crippen MR) is 303 cm³/mol. The molecule has 9 nitrogen and oxygen atoms in total. The van der Waals surface area contributed by atoms with Crippen LogP contribution in [-0.2, 0) is 13.7 Å². The number of fused-ring (bicyclic) bond motifs is 3. The molecule has 9 aromatic carbocycles. The van der Waals surface area contributed by atoms with Crippen molar-refractivity contribution in [3.05, 3.63) is 273 Å². The van der Waals surface area contributed by atoms with E-state index in [1.165, 1.54) is 0 Å². The van der Waals surface area contributed by atoms with Crippen LogP contribution < -0.4 is 43.9 Å². The Hall–Kier alpha value is -8.05. The third-order valence-electron chi connectivity index (χ3n) is 14.3. The molecule has 3 aliphatic heterocycles. The van der Waals surface area contributed by atoms with Gasteiger partial charge in [0.1, 0.15) is 0 Å². The SMILES string of the molecule is CC1C=C(N2c3ccccc3N(c3ccccc3)P2(=O)c2ccccc2)C=CC1N1c2ccccc2N(c2ccc(N3c4ccccc4N(c4ccccc4)P3(=O)c3ccccc3)cc2)P1(=O)c1ccccc1. The van der Waals surface area contributed by atoms with Crippen LogP contribution in [0.1, 0.15) is 6.92 Å². The van der Waals surface area contributed by atoms with E-state index in [-0.39, 0.29) is 12.0 Å². The van der Waals surface area contributed by atoms with E-state index >= 15 is 13.7 Å². The average Bonchev–Trinajstić information content (AvgIpc) is 4.00. The molecule has 12 heteroatoms. The first-order valence-corrected chi connectivity index (χ1v) is 29.3. The minimum atomic E-state index is -3.76. The van der Waals surface area contributed by atoms with Gasteiger partial charge < -0.3 is 0 Å². The van der Waals surface area contributed by atoms with Crippen LogP contribution in [0.5, 0.6) is 0 Å². The molecule has 4 aliphatic rings. The normalized spacial score (nSPS) is 22.8. The Kier molecular flexibility index (Phi) is 10.8. The molecule has 73 heavy (non-hydrogen) atoms. The molecular formula is C61H49N6O3P3. The maximum absolute atomic E-state index is 17.0. The van der Waals surface area contributed by atoms with Crippen LogP contribution in [0.25, 0.3) is 0 Å². The summed E-state index contributed by atoms with van der Waals surface area (Å²) in [6.45, 7) is 2.16. The van der Waals surface area contributed by atoms with Gasteiger partial charge >= 0.3 is 14.9 Å². The van der Waals surface area contributed by atoms with Gasteiger partial charge in [-0.3, -0.25) is 41.7 Å². The van der Waals surface area contributed by atoms with Gasteiger partial charge in [0.15, 0.2) is 0 Å². The molecule has 0 amide bonds. The smallest absolute Gasteiger partial charge is 0.294 e. The Labute approximate surface area is 426 Å². The number of hydrogen-bond donors (Lipinski definition) is 0. The second kappa shape index (κ2) is 17.6. The van der Waals surface area contributed by atoms with Crippen LogP contribution in [0.4, 0.5) is 56.9 Å². The molecule has 0 fully saturated rings. The fourth-order valence-electron chi connectivity index (χ4n) is 11.1. The number of nitrogens with zero attached hydrogens (tertiary/aromatic N) is 6. The average molecular weight is 1010 g/mol. The van der Waals surface area contributed by atoms with Crippen LogP contribution in [0.15, 0.2) is 273 Å². The van der Waals surface area contributed by atoms with Gasteiger partial charge in [0.05, 0.1) is 56.1 Å². The summed E-state index contributed by atoms with van der Waals surface area (Å²) in [6, 6.07) is 81.0. The van der Waals surface area contributed by atoms with Gasteiger partial charge in [-0.05, 0) is 127 Å². The third kappa shape index (κ3) is 6.80. The Morgan fingerprint density at radius 1 is 0.315 bits per heavy atom. The first-order valence-electron chi connectivity index (χ1n) is 24.5. The molecule has 1 aliphatic carbocycles. The van der Waals surface area contributed by atoms with Crippen LogP contribution in [0.3, 0.4) is 0 Å². The molecule has 0 spiro atoms. The van der Waals surface area contributed by atoms with E-state index in [1.54, 1.807) is 0 Å². The summed E-state index contributed by atoms with van der Waals surface area (Å²) in [5.74, 6) is -0.204. The quantitative estimate of drug-likeness (QED) is 0.132. The summed E-state index contributed by atoms with van der Waals surface area (Å²) in [5.41, 5.74) is 8.99. The molecule has 9 aromatic rings. The van der Waals surface area contributed by atoms with E-state index in [1.807, 2.05) is 266 Å².